The van der Waals surface area contributed by atoms with Gasteiger partial charge in [-0.05, 0) is 48.4 Å². The van der Waals surface area contributed by atoms with Gasteiger partial charge in [-0.25, -0.2) is 9.07 Å². The average Bonchev–Trinajstić information content (AvgIpc) is 2.74. The summed E-state index contributed by atoms with van der Waals surface area (Å²) in [5, 5.41) is 7.00. The van der Waals surface area contributed by atoms with Crippen molar-refractivity contribution >= 4 is 5.91 Å². The molecule has 1 N–H and O–H groups in total. The van der Waals surface area contributed by atoms with E-state index in [1.54, 1.807) is 18.2 Å². The van der Waals surface area contributed by atoms with Gasteiger partial charge in [0.2, 0.25) is 0 Å². The van der Waals surface area contributed by atoms with Crippen LogP contribution in [0.2, 0.25) is 0 Å². The zero-order valence-electron chi connectivity index (χ0n) is 16.1. The highest BCUT2D eigenvalue weighted by molar-refractivity contribution is 5.77. The van der Waals surface area contributed by atoms with E-state index in [1.807, 2.05) is 31.2 Å². The van der Waals surface area contributed by atoms with Crippen LogP contribution in [-0.4, -0.2) is 28.8 Å². The molecule has 0 fully saturated rings. The first-order chi connectivity index (χ1) is 14.1. The van der Waals surface area contributed by atoms with Gasteiger partial charge in [-0.2, -0.15) is 5.10 Å². The van der Waals surface area contributed by atoms with E-state index in [1.165, 1.54) is 22.9 Å². The van der Waals surface area contributed by atoms with Crippen LogP contribution in [0.4, 0.5) is 4.39 Å². The fraction of sp³-hybridized carbons (Fsp3) is 0.227. The minimum atomic E-state index is -0.339. The second-order valence-electron chi connectivity index (χ2n) is 6.39. The molecule has 0 bridgehead atoms. The highest BCUT2D eigenvalue weighted by Crippen LogP contribution is 2.18. The Hall–Kier alpha value is -3.48. The predicted octanol–water partition coefficient (Wildman–Crippen LogP) is 2.81. The Morgan fingerprint density at radius 2 is 1.86 bits per heavy atom. The van der Waals surface area contributed by atoms with Gasteiger partial charge >= 0.3 is 0 Å². The van der Waals surface area contributed by atoms with E-state index in [9.17, 15) is 14.0 Å². The molecule has 0 aliphatic rings. The number of carbonyl (C=O) groups is 1. The molecule has 1 heterocycles. The standard InChI is InChI=1S/C22H22FN3O3/c1-2-16-5-3-4-6-20(16)29-15-21(27)24-13-14-26-22(28)12-11-19(25-26)17-7-9-18(23)10-8-17/h3-12H,2,13-15H2,1H3,(H,24,27). The van der Waals surface area contributed by atoms with Crippen LogP contribution in [-0.2, 0) is 17.8 Å². The number of halogens is 1. The van der Waals surface area contributed by atoms with Crippen molar-refractivity contribution in [3.8, 4) is 17.0 Å². The van der Waals surface area contributed by atoms with Crippen LogP contribution < -0.4 is 15.6 Å². The molecule has 150 valence electrons. The first-order valence-corrected chi connectivity index (χ1v) is 9.38. The molecule has 6 nitrogen and oxygen atoms in total. The van der Waals surface area contributed by atoms with Crippen molar-refractivity contribution in [1.82, 2.24) is 15.1 Å². The van der Waals surface area contributed by atoms with E-state index >= 15 is 0 Å². The van der Waals surface area contributed by atoms with E-state index in [0.717, 1.165) is 12.0 Å². The first-order valence-electron chi connectivity index (χ1n) is 9.38. The minimum Gasteiger partial charge on any atom is -0.483 e. The molecular formula is C22H22FN3O3. The molecule has 0 saturated carbocycles. The van der Waals surface area contributed by atoms with Crippen molar-refractivity contribution < 1.29 is 13.9 Å². The predicted molar refractivity (Wildman–Crippen MR) is 108 cm³/mol. The van der Waals surface area contributed by atoms with Crippen LogP contribution in [0.15, 0.2) is 65.5 Å². The lowest BCUT2D eigenvalue weighted by atomic mass is 10.1. The number of ether oxygens (including phenoxy) is 1. The van der Waals surface area contributed by atoms with E-state index in [-0.39, 0.29) is 37.0 Å². The Morgan fingerprint density at radius 1 is 1.10 bits per heavy atom. The number of amides is 1. The third-order valence-electron chi connectivity index (χ3n) is 4.36. The number of hydrogen-bond acceptors (Lipinski definition) is 4. The van der Waals surface area contributed by atoms with Crippen LogP contribution >= 0.6 is 0 Å². The molecule has 1 aromatic heterocycles. The number of carbonyl (C=O) groups excluding carboxylic acids is 1. The van der Waals surface area contributed by atoms with Gasteiger partial charge in [-0.15, -0.1) is 0 Å². The summed E-state index contributed by atoms with van der Waals surface area (Å²) in [7, 11) is 0. The van der Waals surface area contributed by atoms with Gasteiger partial charge < -0.3 is 10.1 Å². The number of benzene rings is 2. The molecule has 3 rings (SSSR count). The summed E-state index contributed by atoms with van der Waals surface area (Å²) in [5.74, 6) is 0.0715. The van der Waals surface area contributed by atoms with Gasteiger partial charge in [0, 0.05) is 18.2 Å². The van der Waals surface area contributed by atoms with Crippen molar-refractivity contribution in [2.45, 2.75) is 19.9 Å². The Bertz CT molecular complexity index is 1030. The fourth-order valence-corrected chi connectivity index (χ4v) is 2.82. The quantitative estimate of drug-likeness (QED) is 0.637. The molecule has 0 atom stereocenters. The molecule has 29 heavy (non-hydrogen) atoms. The van der Waals surface area contributed by atoms with Crippen molar-refractivity contribution in [3.63, 3.8) is 0 Å². The third kappa shape index (κ3) is 5.51. The largest absolute Gasteiger partial charge is 0.483 e. The van der Waals surface area contributed by atoms with Gasteiger partial charge in [-0.3, -0.25) is 9.59 Å². The number of rotatable bonds is 8. The number of nitrogens with zero attached hydrogens (tertiary/aromatic N) is 2. The Morgan fingerprint density at radius 3 is 2.62 bits per heavy atom. The Labute approximate surface area is 168 Å². The number of nitrogens with one attached hydrogen (secondary N) is 1. The summed E-state index contributed by atoms with van der Waals surface area (Å²) in [6, 6.07) is 16.4. The average molecular weight is 395 g/mol. The molecule has 0 aliphatic heterocycles. The Kier molecular flexibility index (Phi) is 6.73. The van der Waals surface area contributed by atoms with Crippen molar-refractivity contribution in [2.24, 2.45) is 0 Å². The summed E-state index contributed by atoms with van der Waals surface area (Å²) in [5.41, 5.74) is 2.01. The molecule has 0 saturated heterocycles. The molecule has 0 radical (unpaired) electrons. The summed E-state index contributed by atoms with van der Waals surface area (Å²) >= 11 is 0. The van der Waals surface area contributed by atoms with E-state index in [2.05, 4.69) is 10.4 Å². The lowest BCUT2D eigenvalue weighted by Crippen LogP contribution is -2.34. The normalized spacial score (nSPS) is 10.6. The molecule has 0 aliphatic carbocycles. The monoisotopic (exact) mass is 395 g/mol. The molecule has 3 aromatic rings. The molecule has 7 heteroatoms. The molecule has 1 amide bonds. The number of para-hydroxylation sites is 1. The smallest absolute Gasteiger partial charge is 0.266 e. The molecule has 0 spiro atoms. The summed E-state index contributed by atoms with van der Waals surface area (Å²) in [6.45, 7) is 2.37. The highest BCUT2D eigenvalue weighted by Gasteiger charge is 2.07. The van der Waals surface area contributed by atoms with Gasteiger partial charge in [-0.1, -0.05) is 25.1 Å². The van der Waals surface area contributed by atoms with E-state index in [4.69, 9.17) is 4.74 Å². The van der Waals surface area contributed by atoms with Gasteiger partial charge in [0.1, 0.15) is 11.6 Å². The lowest BCUT2D eigenvalue weighted by Gasteiger charge is -2.11. The SMILES string of the molecule is CCc1ccccc1OCC(=O)NCCn1nc(-c2ccc(F)cc2)ccc1=O. The topological polar surface area (TPSA) is 73.2 Å². The van der Waals surface area contributed by atoms with Crippen molar-refractivity contribution in [2.75, 3.05) is 13.2 Å². The molecule has 2 aromatic carbocycles. The third-order valence-corrected chi connectivity index (χ3v) is 4.36. The van der Waals surface area contributed by atoms with E-state index < -0.39 is 0 Å². The van der Waals surface area contributed by atoms with Crippen LogP contribution in [0.25, 0.3) is 11.3 Å². The van der Waals surface area contributed by atoms with Crippen molar-refractivity contribution in [1.29, 1.82) is 0 Å². The maximum Gasteiger partial charge on any atom is 0.266 e. The highest BCUT2D eigenvalue weighted by atomic mass is 19.1. The van der Waals surface area contributed by atoms with Crippen LogP contribution in [0.1, 0.15) is 12.5 Å². The van der Waals surface area contributed by atoms with E-state index in [0.29, 0.717) is 17.0 Å². The number of hydrogen-bond donors (Lipinski definition) is 1. The second-order valence-corrected chi connectivity index (χ2v) is 6.39. The minimum absolute atomic E-state index is 0.102. The van der Waals surface area contributed by atoms with Crippen molar-refractivity contribution in [3.05, 3.63) is 82.4 Å². The second kappa shape index (κ2) is 9.64. The lowest BCUT2D eigenvalue weighted by molar-refractivity contribution is -0.123. The summed E-state index contributed by atoms with van der Waals surface area (Å²) in [4.78, 5) is 24.0. The first kappa shape index (κ1) is 20.3. The zero-order valence-corrected chi connectivity index (χ0v) is 16.1. The zero-order chi connectivity index (χ0) is 20.6. The van der Waals surface area contributed by atoms with Crippen LogP contribution in [0, 0.1) is 5.82 Å². The maximum atomic E-state index is 13.1. The maximum absolute atomic E-state index is 13.1. The van der Waals surface area contributed by atoms with Gasteiger partial charge in [0.25, 0.3) is 11.5 Å². The van der Waals surface area contributed by atoms with Gasteiger partial charge in [0.05, 0.1) is 12.2 Å². The van der Waals surface area contributed by atoms with Crippen LogP contribution in [0.3, 0.4) is 0 Å². The molecular weight excluding hydrogens is 373 g/mol. The number of aromatic nitrogens is 2. The summed E-state index contributed by atoms with van der Waals surface area (Å²) in [6.07, 6.45) is 0.816. The fourth-order valence-electron chi connectivity index (χ4n) is 2.82. The van der Waals surface area contributed by atoms with Gasteiger partial charge in [0.15, 0.2) is 6.61 Å². The summed E-state index contributed by atoms with van der Waals surface area (Å²) < 4.78 is 19.9. The number of aryl methyl sites for hydroxylation is 1. The Balaban J connectivity index is 1.54. The van der Waals surface area contributed by atoms with Crippen LogP contribution in [0.5, 0.6) is 5.75 Å². The molecule has 0 unspecified atom stereocenters.